The Hall–Kier alpha value is -0.570. The van der Waals surface area contributed by atoms with Crippen LogP contribution < -0.4 is 5.32 Å². The zero-order chi connectivity index (χ0) is 9.26. The molecule has 1 aromatic rings. The number of anilines is 1. The first kappa shape index (κ1) is 9.00. The van der Waals surface area contributed by atoms with Crippen molar-refractivity contribution in [3.8, 4) is 0 Å². The van der Waals surface area contributed by atoms with Crippen LogP contribution in [0, 0.1) is 5.82 Å². The van der Waals surface area contributed by atoms with Gasteiger partial charge in [0.2, 0.25) is 0 Å². The fraction of sp³-hybridized carbons (Fsp3) is 0.400. The molecule has 0 atom stereocenters. The lowest BCUT2D eigenvalue weighted by molar-refractivity contribution is 0.445. The summed E-state index contributed by atoms with van der Waals surface area (Å²) in [4.78, 5) is 0. The monoisotopic (exact) mass is 243 g/mol. The highest BCUT2D eigenvalue weighted by Gasteiger charge is 2.18. The Labute approximate surface area is 85.5 Å². The zero-order valence-electron chi connectivity index (χ0n) is 7.19. The largest absolute Gasteiger partial charge is 0.381 e. The van der Waals surface area contributed by atoms with Crippen molar-refractivity contribution in [1.29, 1.82) is 0 Å². The van der Waals surface area contributed by atoms with Crippen molar-refractivity contribution in [3.05, 3.63) is 28.5 Å². The quantitative estimate of drug-likeness (QED) is 0.838. The number of benzene rings is 1. The van der Waals surface area contributed by atoms with E-state index in [0.717, 1.165) is 5.69 Å². The Morgan fingerprint density at radius 2 is 2.15 bits per heavy atom. The number of nitrogens with one attached hydrogen (secondary N) is 1. The van der Waals surface area contributed by atoms with E-state index in [4.69, 9.17) is 0 Å². The Kier molecular flexibility index (Phi) is 2.54. The van der Waals surface area contributed by atoms with Crippen molar-refractivity contribution in [2.45, 2.75) is 25.3 Å². The third kappa shape index (κ3) is 1.85. The average Bonchev–Trinajstić information content (AvgIpc) is 2.04. The molecule has 0 aromatic heterocycles. The Morgan fingerprint density at radius 3 is 2.77 bits per heavy atom. The van der Waals surface area contributed by atoms with Crippen molar-refractivity contribution in [2.24, 2.45) is 0 Å². The van der Waals surface area contributed by atoms with Gasteiger partial charge in [-0.1, -0.05) is 6.07 Å². The molecule has 70 valence electrons. The molecule has 3 heteroatoms. The second-order valence-corrected chi connectivity index (χ2v) is 4.17. The molecule has 1 saturated carbocycles. The standard InChI is InChI=1S/C10H11BrFN/c11-10-8(12)5-2-6-9(10)13-7-3-1-4-7/h2,5-7,13H,1,3-4H2. The van der Waals surface area contributed by atoms with Gasteiger partial charge in [-0.05, 0) is 47.3 Å². The molecule has 0 unspecified atom stereocenters. The average molecular weight is 244 g/mol. The van der Waals surface area contributed by atoms with Gasteiger partial charge in [0.25, 0.3) is 0 Å². The van der Waals surface area contributed by atoms with Gasteiger partial charge < -0.3 is 5.32 Å². The van der Waals surface area contributed by atoms with Crippen LogP contribution in [0.2, 0.25) is 0 Å². The van der Waals surface area contributed by atoms with Crippen LogP contribution in [0.25, 0.3) is 0 Å². The molecule has 1 aromatic carbocycles. The van der Waals surface area contributed by atoms with E-state index in [0.29, 0.717) is 10.5 Å². The Balaban J connectivity index is 2.14. The van der Waals surface area contributed by atoms with Gasteiger partial charge in [-0.3, -0.25) is 0 Å². The van der Waals surface area contributed by atoms with E-state index in [2.05, 4.69) is 21.2 Å². The molecule has 2 rings (SSSR count). The Morgan fingerprint density at radius 1 is 1.38 bits per heavy atom. The van der Waals surface area contributed by atoms with E-state index in [1.807, 2.05) is 6.07 Å². The van der Waals surface area contributed by atoms with Crippen LogP contribution in [0.15, 0.2) is 22.7 Å². The molecule has 1 N–H and O–H groups in total. The summed E-state index contributed by atoms with van der Waals surface area (Å²) in [6.07, 6.45) is 3.68. The normalized spacial score (nSPS) is 16.8. The summed E-state index contributed by atoms with van der Waals surface area (Å²) < 4.78 is 13.6. The lowest BCUT2D eigenvalue weighted by Crippen LogP contribution is -2.27. The SMILES string of the molecule is Fc1cccc(NC2CCC2)c1Br. The molecule has 1 fully saturated rings. The van der Waals surface area contributed by atoms with Crippen LogP contribution >= 0.6 is 15.9 Å². The topological polar surface area (TPSA) is 12.0 Å². The lowest BCUT2D eigenvalue weighted by Gasteiger charge is -2.28. The molecule has 13 heavy (non-hydrogen) atoms. The third-order valence-corrected chi connectivity index (χ3v) is 3.22. The summed E-state index contributed by atoms with van der Waals surface area (Å²) in [5.41, 5.74) is 0.865. The first-order valence-electron chi connectivity index (χ1n) is 4.48. The molecule has 1 nitrogen and oxygen atoms in total. The second kappa shape index (κ2) is 3.66. The van der Waals surface area contributed by atoms with E-state index in [1.165, 1.54) is 25.3 Å². The van der Waals surface area contributed by atoms with Gasteiger partial charge in [-0.2, -0.15) is 0 Å². The van der Waals surface area contributed by atoms with Crippen LogP contribution in [0.1, 0.15) is 19.3 Å². The van der Waals surface area contributed by atoms with Crippen molar-refractivity contribution in [2.75, 3.05) is 5.32 Å². The van der Waals surface area contributed by atoms with Crippen LogP contribution in [-0.4, -0.2) is 6.04 Å². The summed E-state index contributed by atoms with van der Waals surface area (Å²) in [5.74, 6) is -0.204. The molecule has 0 bridgehead atoms. The van der Waals surface area contributed by atoms with E-state index in [9.17, 15) is 4.39 Å². The molecular formula is C10H11BrFN. The van der Waals surface area contributed by atoms with Crippen LogP contribution in [0.3, 0.4) is 0 Å². The third-order valence-electron chi connectivity index (χ3n) is 2.42. The number of rotatable bonds is 2. The molecule has 0 spiro atoms. The lowest BCUT2D eigenvalue weighted by atomic mass is 9.93. The van der Waals surface area contributed by atoms with Crippen molar-refractivity contribution >= 4 is 21.6 Å². The van der Waals surface area contributed by atoms with Gasteiger partial charge in [-0.15, -0.1) is 0 Å². The summed E-state index contributed by atoms with van der Waals surface area (Å²) in [6, 6.07) is 5.61. The molecular weight excluding hydrogens is 233 g/mol. The summed E-state index contributed by atoms with van der Waals surface area (Å²) >= 11 is 3.22. The zero-order valence-corrected chi connectivity index (χ0v) is 8.77. The van der Waals surface area contributed by atoms with Crippen LogP contribution in [0.4, 0.5) is 10.1 Å². The number of halogens is 2. The summed E-state index contributed by atoms with van der Waals surface area (Å²) in [6.45, 7) is 0. The minimum atomic E-state index is -0.204. The predicted molar refractivity (Wildman–Crippen MR) is 55.4 cm³/mol. The maximum absolute atomic E-state index is 13.1. The van der Waals surface area contributed by atoms with Gasteiger partial charge >= 0.3 is 0 Å². The molecule has 0 radical (unpaired) electrons. The number of hydrogen-bond acceptors (Lipinski definition) is 1. The smallest absolute Gasteiger partial charge is 0.139 e. The van der Waals surface area contributed by atoms with Gasteiger partial charge in [0, 0.05) is 6.04 Å². The Bertz CT molecular complexity index is 310. The van der Waals surface area contributed by atoms with Gasteiger partial charge in [0.1, 0.15) is 5.82 Å². The van der Waals surface area contributed by atoms with E-state index < -0.39 is 0 Å². The van der Waals surface area contributed by atoms with Crippen molar-refractivity contribution in [3.63, 3.8) is 0 Å². The second-order valence-electron chi connectivity index (χ2n) is 3.37. The van der Waals surface area contributed by atoms with Gasteiger partial charge in [0.15, 0.2) is 0 Å². The molecule has 0 heterocycles. The van der Waals surface area contributed by atoms with Crippen molar-refractivity contribution < 1.29 is 4.39 Å². The fourth-order valence-electron chi connectivity index (χ4n) is 1.39. The maximum Gasteiger partial charge on any atom is 0.139 e. The van der Waals surface area contributed by atoms with E-state index >= 15 is 0 Å². The van der Waals surface area contributed by atoms with Gasteiger partial charge in [-0.25, -0.2) is 4.39 Å². The molecule has 0 amide bonds. The van der Waals surface area contributed by atoms with Gasteiger partial charge in [0.05, 0.1) is 10.2 Å². The first-order valence-corrected chi connectivity index (χ1v) is 5.27. The highest BCUT2D eigenvalue weighted by Crippen LogP contribution is 2.29. The van der Waals surface area contributed by atoms with Crippen LogP contribution in [0.5, 0.6) is 0 Å². The maximum atomic E-state index is 13.1. The highest BCUT2D eigenvalue weighted by molar-refractivity contribution is 9.10. The molecule has 0 aliphatic heterocycles. The van der Waals surface area contributed by atoms with Crippen molar-refractivity contribution in [1.82, 2.24) is 0 Å². The van der Waals surface area contributed by atoms with E-state index in [1.54, 1.807) is 6.07 Å². The minimum absolute atomic E-state index is 0.204. The summed E-state index contributed by atoms with van der Waals surface area (Å²) in [5, 5.41) is 3.30. The number of hydrogen-bond donors (Lipinski definition) is 1. The minimum Gasteiger partial charge on any atom is -0.381 e. The first-order chi connectivity index (χ1) is 6.27. The molecule has 0 saturated heterocycles. The molecule has 1 aliphatic carbocycles. The van der Waals surface area contributed by atoms with E-state index in [-0.39, 0.29) is 5.82 Å². The fourth-order valence-corrected chi connectivity index (χ4v) is 1.77. The molecule has 1 aliphatic rings. The predicted octanol–water partition coefficient (Wildman–Crippen LogP) is 3.55. The van der Waals surface area contributed by atoms with Crippen LogP contribution in [-0.2, 0) is 0 Å². The summed E-state index contributed by atoms with van der Waals surface area (Å²) in [7, 11) is 0. The highest BCUT2D eigenvalue weighted by atomic mass is 79.9.